The van der Waals surface area contributed by atoms with E-state index in [1.165, 1.54) is 4.88 Å². The predicted octanol–water partition coefficient (Wildman–Crippen LogP) is 3.76. The van der Waals surface area contributed by atoms with E-state index < -0.39 is 0 Å². The van der Waals surface area contributed by atoms with Crippen molar-refractivity contribution in [2.75, 3.05) is 6.54 Å². The normalized spacial score (nSPS) is 10.3. The number of carbonyl (C=O) groups is 2. The molecular formula is C17H19NO2S. The van der Waals surface area contributed by atoms with Crippen LogP contribution in [-0.4, -0.2) is 23.1 Å². The van der Waals surface area contributed by atoms with Crippen molar-refractivity contribution in [2.24, 2.45) is 0 Å². The summed E-state index contributed by atoms with van der Waals surface area (Å²) >= 11 is 1.64. The van der Waals surface area contributed by atoms with Crippen LogP contribution in [0.1, 0.15) is 35.0 Å². The lowest BCUT2D eigenvalue weighted by Crippen LogP contribution is -2.30. The van der Waals surface area contributed by atoms with E-state index in [0.717, 1.165) is 0 Å². The molecule has 0 saturated carbocycles. The molecule has 0 aliphatic heterocycles. The van der Waals surface area contributed by atoms with Crippen LogP contribution in [0.2, 0.25) is 0 Å². The Kier molecular flexibility index (Phi) is 5.69. The molecule has 1 amide bonds. The van der Waals surface area contributed by atoms with Crippen LogP contribution in [-0.2, 0) is 11.3 Å². The maximum absolute atomic E-state index is 12.2. The van der Waals surface area contributed by atoms with E-state index in [9.17, 15) is 9.59 Å². The van der Waals surface area contributed by atoms with E-state index in [0.29, 0.717) is 18.7 Å². The maximum atomic E-state index is 12.2. The molecule has 4 heteroatoms. The predicted molar refractivity (Wildman–Crippen MR) is 85.4 cm³/mol. The quantitative estimate of drug-likeness (QED) is 0.730. The van der Waals surface area contributed by atoms with Crippen molar-refractivity contribution in [1.29, 1.82) is 0 Å². The van der Waals surface area contributed by atoms with Gasteiger partial charge in [-0.2, -0.15) is 0 Å². The zero-order valence-electron chi connectivity index (χ0n) is 12.1. The lowest BCUT2D eigenvalue weighted by atomic mass is 10.1. The summed E-state index contributed by atoms with van der Waals surface area (Å²) in [5.74, 6) is 0.0614. The molecule has 0 aliphatic carbocycles. The molecule has 0 radical (unpaired) electrons. The second-order valence-electron chi connectivity index (χ2n) is 4.78. The summed E-state index contributed by atoms with van der Waals surface area (Å²) < 4.78 is 0. The Morgan fingerprint density at radius 3 is 2.43 bits per heavy atom. The zero-order chi connectivity index (χ0) is 15.1. The monoisotopic (exact) mass is 301 g/mol. The molecule has 110 valence electrons. The van der Waals surface area contributed by atoms with Crippen LogP contribution in [0.5, 0.6) is 0 Å². The highest BCUT2D eigenvalue weighted by Gasteiger charge is 2.15. The molecule has 2 aromatic rings. The fraction of sp³-hybridized carbons (Fsp3) is 0.294. The van der Waals surface area contributed by atoms with Crippen molar-refractivity contribution in [3.8, 4) is 0 Å². The van der Waals surface area contributed by atoms with Crippen molar-refractivity contribution >= 4 is 23.0 Å². The number of hydrogen-bond donors (Lipinski definition) is 0. The topological polar surface area (TPSA) is 37.4 Å². The Morgan fingerprint density at radius 1 is 1.05 bits per heavy atom. The van der Waals surface area contributed by atoms with Gasteiger partial charge in [-0.15, -0.1) is 11.3 Å². The number of benzene rings is 1. The standard InChI is InChI=1S/C17H19NO2S/c1-2-18(13-15-9-6-12-21-15)17(20)11-10-16(19)14-7-4-3-5-8-14/h3-9,12H,2,10-11,13H2,1H3. The highest BCUT2D eigenvalue weighted by molar-refractivity contribution is 7.09. The van der Waals surface area contributed by atoms with Crippen LogP contribution in [0.3, 0.4) is 0 Å². The summed E-state index contributed by atoms with van der Waals surface area (Å²) in [6.07, 6.45) is 0.538. The van der Waals surface area contributed by atoms with Gasteiger partial charge in [0.25, 0.3) is 0 Å². The number of rotatable bonds is 7. The number of Topliss-reactive ketones (excluding diaryl/α,β-unsaturated/α-hetero) is 1. The number of thiophene rings is 1. The van der Waals surface area contributed by atoms with Crippen LogP contribution in [0, 0.1) is 0 Å². The first-order chi connectivity index (χ1) is 10.2. The third kappa shape index (κ3) is 4.53. The van der Waals surface area contributed by atoms with Crippen molar-refractivity contribution in [3.05, 3.63) is 58.3 Å². The maximum Gasteiger partial charge on any atom is 0.223 e. The minimum atomic E-state index is 0.0242. The van der Waals surface area contributed by atoms with Crippen LogP contribution < -0.4 is 0 Å². The molecule has 21 heavy (non-hydrogen) atoms. The molecule has 0 atom stereocenters. The minimum absolute atomic E-state index is 0.0242. The van der Waals surface area contributed by atoms with E-state index in [-0.39, 0.29) is 24.5 Å². The van der Waals surface area contributed by atoms with Crippen LogP contribution in [0.15, 0.2) is 47.8 Å². The van der Waals surface area contributed by atoms with Crippen molar-refractivity contribution in [2.45, 2.75) is 26.3 Å². The van der Waals surface area contributed by atoms with E-state index >= 15 is 0 Å². The van der Waals surface area contributed by atoms with Gasteiger partial charge in [-0.05, 0) is 18.4 Å². The van der Waals surface area contributed by atoms with Crippen LogP contribution in [0.4, 0.5) is 0 Å². The van der Waals surface area contributed by atoms with Gasteiger partial charge in [0.2, 0.25) is 5.91 Å². The number of carbonyl (C=O) groups excluding carboxylic acids is 2. The first kappa shape index (κ1) is 15.4. The fourth-order valence-electron chi connectivity index (χ4n) is 2.11. The third-order valence-electron chi connectivity index (χ3n) is 3.32. The molecule has 3 nitrogen and oxygen atoms in total. The smallest absolute Gasteiger partial charge is 0.223 e. The van der Waals surface area contributed by atoms with Gasteiger partial charge < -0.3 is 4.90 Å². The highest BCUT2D eigenvalue weighted by Crippen LogP contribution is 2.13. The van der Waals surface area contributed by atoms with Crippen molar-refractivity contribution in [1.82, 2.24) is 4.90 Å². The molecule has 0 bridgehead atoms. The summed E-state index contributed by atoms with van der Waals surface area (Å²) in [7, 11) is 0. The van der Waals surface area contributed by atoms with Crippen molar-refractivity contribution in [3.63, 3.8) is 0 Å². The van der Waals surface area contributed by atoms with Gasteiger partial charge in [-0.3, -0.25) is 9.59 Å². The van der Waals surface area contributed by atoms with Crippen LogP contribution in [0.25, 0.3) is 0 Å². The Hall–Kier alpha value is -1.94. The van der Waals surface area contributed by atoms with Gasteiger partial charge >= 0.3 is 0 Å². The molecular weight excluding hydrogens is 282 g/mol. The highest BCUT2D eigenvalue weighted by atomic mass is 32.1. The molecule has 0 unspecified atom stereocenters. The molecule has 0 fully saturated rings. The average molecular weight is 301 g/mol. The number of ketones is 1. The number of hydrogen-bond acceptors (Lipinski definition) is 3. The SMILES string of the molecule is CCN(Cc1cccs1)C(=O)CCC(=O)c1ccccc1. The van der Waals surface area contributed by atoms with Gasteiger partial charge in [-0.1, -0.05) is 36.4 Å². The van der Waals surface area contributed by atoms with E-state index in [1.54, 1.807) is 28.4 Å². The fourth-order valence-corrected chi connectivity index (χ4v) is 2.83. The van der Waals surface area contributed by atoms with E-state index in [2.05, 4.69) is 0 Å². The summed E-state index contributed by atoms with van der Waals surface area (Å²) in [6, 6.07) is 13.1. The van der Waals surface area contributed by atoms with Gasteiger partial charge in [0.1, 0.15) is 0 Å². The average Bonchev–Trinajstić information content (AvgIpc) is 3.03. The number of nitrogens with zero attached hydrogens (tertiary/aromatic N) is 1. The summed E-state index contributed by atoms with van der Waals surface area (Å²) in [5.41, 5.74) is 0.673. The summed E-state index contributed by atoms with van der Waals surface area (Å²) in [4.78, 5) is 27.2. The summed E-state index contributed by atoms with van der Waals surface area (Å²) in [5, 5.41) is 2.01. The Balaban J connectivity index is 1.86. The lowest BCUT2D eigenvalue weighted by molar-refractivity contribution is -0.131. The second-order valence-corrected chi connectivity index (χ2v) is 5.81. The molecule has 0 saturated heterocycles. The molecule has 0 spiro atoms. The molecule has 1 heterocycles. The van der Waals surface area contributed by atoms with Crippen LogP contribution >= 0.6 is 11.3 Å². The Morgan fingerprint density at radius 2 is 1.81 bits per heavy atom. The minimum Gasteiger partial charge on any atom is -0.338 e. The van der Waals surface area contributed by atoms with Gasteiger partial charge in [0.05, 0.1) is 6.54 Å². The second kappa shape index (κ2) is 7.74. The third-order valence-corrected chi connectivity index (χ3v) is 4.18. The molecule has 0 N–H and O–H groups in total. The first-order valence-electron chi connectivity index (χ1n) is 7.09. The molecule has 1 aromatic carbocycles. The molecule has 0 aliphatic rings. The van der Waals surface area contributed by atoms with E-state index in [1.807, 2.05) is 42.6 Å². The van der Waals surface area contributed by atoms with Gasteiger partial charge in [-0.25, -0.2) is 0 Å². The van der Waals surface area contributed by atoms with Gasteiger partial charge in [0, 0.05) is 29.8 Å². The van der Waals surface area contributed by atoms with Gasteiger partial charge in [0.15, 0.2) is 5.78 Å². The van der Waals surface area contributed by atoms with Crippen molar-refractivity contribution < 1.29 is 9.59 Å². The molecule has 1 aromatic heterocycles. The summed E-state index contributed by atoms with van der Waals surface area (Å²) in [6.45, 7) is 3.26. The lowest BCUT2D eigenvalue weighted by Gasteiger charge is -2.20. The molecule has 2 rings (SSSR count). The zero-order valence-corrected chi connectivity index (χ0v) is 12.9. The number of amides is 1. The Bertz CT molecular complexity index is 578. The van der Waals surface area contributed by atoms with E-state index in [4.69, 9.17) is 0 Å². The largest absolute Gasteiger partial charge is 0.338 e. The Labute approximate surface area is 129 Å². The first-order valence-corrected chi connectivity index (χ1v) is 7.97.